The molecule has 0 aliphatic carbocycles. The van der Waals surface area contributed by atoms with Crippen LogP contribution in [0.5, 0.6) is 0 Å². The van der Waals surface area contributed by atoms with Gasteiger partial charge in [-0.2, -0.15) is 0 Å². The third kappa shape index (κ3) is 3.46. The zero-order chi connectivity index (χ0) is 15.2. The van der Waals surface area contributed by atoms with Crippen LogP contribution in [-0.4, -0.2) is 33.7 Å². The van der Waals surface area contributed by atoms with Gasteiger partial charge in [0.2, 0.25) is 0 Å². The topological polar surface area (TPSA) is 74.7 Å². The highest BCUT2D eigenvalue weighted by Crippen LogP contribution is 2.17. The van der Waals surface area contributed by atoms with Gasteiger partial charge in [-0.25, -0.2) is 9.78 Å². The molecule has 1 aromatic carbocycles. The first-order chi connectivity index (χ1) is 10.8. The van der Waals surface area contributed by atoms with Crippen LogP contribution < -0.4 is 10.6 Å². The van der Waals surface area contributed by atoms with Crippen molar-refractivity contribution in [3.8, 4) is 0 Å². The third-order valence-electron chi connectivity index (χ3n) is 3.58. The molecule has 2 amide bonds. The number of aromatic nitrogens is 3. The van der Waals surface area contributed by atoms with Crippen molar-refractivity contribution in [2.24, 2.45) is 0 Å². The van der Waals surface area contributed by atoms with Crippen LogP contribution in [0.15, 0.2) is 49.2 Å². The predicted molar refractivity (Wildman–Crippen MR) is 85.6 cm³/mol. The first kappa shape index (κ1) is 14.2. The van der Waals surface area contributed by atoms with Gasteiger partial charge in [-0.1, -0.05) is 12.1 Å². The quantitative estimate of drug-likeness (QED) is 0.650. The fourth-order valence-corrected chi connectivity index (χ4v) is 2.46. The predicted octanol–water partition coefficient (Wildman–Crippen LogP) is 1.91. The Bertz CT molecular complexity index is 732. The fourth-order valence-electron chi connectivity index (χ4n) is 2.46. The standard InChI is InChI=1S/C16H19N5O/c22-16(20-9-11-21-10-8-17-12-21)19-6-4-13-2-1-3-15-14(13)5-7-18-15/h1-3,5,7-8,10,12,18H,4,6,9,11H2,(H2,19,20,22). The summed E-state index contributed by atoms with van der Waals surface area (Å²) in [7, 11) is 0. The first-order valence-electron chi connectivity index (χ1n) is 7.35. The Kier molecular flexibility index (Phi) is 4.38. The number of imidazole rings is 1. The minimum atomic E-state index is -0.138. The van der Waals surface area contributed by atoms with Gasteiger partial charge in [0.05, 0.1) is 6.33 Å². The molecule has 2 aromatic heterocycles. The Hall–Kier alpha value is -2.76. The number of fused-ring (bicyclic) bond motifs is 1. The van der Waals surface area contributed by atoms with Crippen molar-refractivity contribution in [2.75, 3.05) is 13.1 Å². The largest absolute Gasteiger partial charge is 0.361 e. The highest BCUT2D eigenvalue weighted by atomic mass is 16.2. The molecule has 3 rings (SSSR count). The summed E-state index contributed by atoms with van der Waals surface area (Å²) >= 11 is 0. The van der Waals surface area contributed by atoms with Crippen molar-refractivity contribution in [2.45, 2.75) is 13.0 Å². The summed E-state index contributed by atoms with van der Waals surface area (Å²) in [6, 6.07) is 8.10. The van der Waals surface area contributed by atoms with E-state index in [1.807, 2.05) is 23.0 Å². The summed E-state index contributed by atoms with van der Waals surface area (Å²) in [6.07, 6.45) is 8.07. The minimum absolute atomic E-state index is 0.138. The molecule has 6 nitrogen and oxygen atoms in total. The Labute approximate surface area is 128 Å². The average molecular weight is 297 g/mol. The van der Waals surface area contributed by atoms with E-state index in [9.17, 15) is 4.79 Å². The van der Waals surface area contributed by atoms with Crippen LogP contribution in [0, 0.1) is 0 Å². The molecule has 114 valence electrons. The summed E-state index contributed by atoms with van der Waals surface area (Å²) in [4.78, 5) is 18.9. The number of amides is 2. The molecule has 0 aliphatic heterocycles. The van der Waals surface area contributed by atoms with E-state index in [1.165, 1.54) is 10.9 Å². The lowest BCUT2D eigenvalue weighted by Crippen LogP contribution is -2.38. The third-order valence-corrected chi connectivity index (χ3v) is 3.58. The van der Waals surface area contributed by atoms with Crippen LogP contribution in [0.2, 0.25) is 0 Å². The molecule has 0 saturated heterocycles. The molecule has 0 bridgehead atoms. The number of carbonyl (C=O) groups excluding carboxylic acids is 1. The van der Waals surface area contributed by atoms with E-state index < -0.39 is 0 Å². The summed E-state index contributed by atoms with van der Waals surface area (Å²) in [5.41, 5.74) is 2.36. The Morgan fingerprint density at radius 2 is 2.14 bits per heavy atom. The number of hydrogen-bond acceptors (Lipinski definition) is 2. The van der Waals surface area contributed by atoms with Crippen molar-refractivity contribution in [1.29, 1.82) is 0 Å². The molecule has 3 aromatic rings. The molecule has 0 radical (unpaired) electrons. The lowest BCUT2D eigenvalue weighted by molar-refractivity contribution is 0.240. The lowest BCUT2D eigenvalue weighted by Gasteiger charge is -2.08. The van der Waals surface area contributed by atoms with Crippen LogP contribution in [0.3, 0.4) is 0 Å². The van der Waals surface area contributed by atoms with Crippen LogP contribution >= 0.6 is 0 Å². The molecular weight excluding hydrogens is 278 g/mol. The number of carbonyl (C=O) groups is 1. The van der Waals surface area contributed by atoms with Crippen molar-refractivity contribution in [1.82, 2.24) is 25.2 Å². The average Bonchev–Trinajstić information content (AvgIpc) is 3.18. The molecule has 2 heterocycles. The normalized spacial score (nSPS) is 10.7. The van der Waals surface area contributed by atoms with E-state index in [0.29, 0.717) is 13.1 Å². The number of nitrogens with one attached hydrogen (secondary N) is 3. The van der Waals surface area contributed by atoms with Crippen LogP contribution in [0.25, 0.3) is 10.9 Å². The number of benzene rings is 1. The fraction of sp³-hybridized carbons (Fsp3) is 0.250. The van der Waals surface area contributed by atoms with Gasteiger partial charge in [-0.3, -0.25) is 0 Å². The molecule has 0 aliphatic rings. The van der Waals surface area contributed by atoms with Crippen LogP contribution in [-0.2, 0) is 13.0 Å². The Balaban J connectivity index is 1.41. The van der Waals surface area contributed by atoms with E-state index in [2.05, 4.69) is 38.8 Å². The molecule has 0 fully saturated rings. The molecule has 0 spiro atoms. The molecule has 0 atom stereocenters. The lowest BCUT2D eigenvalue weighted by atomic mass is 10.1. The van der Waals surface area contributed by atoms with Gasteiger partial charge >= 0.3 is 6.03 Å². The van der Waals surface area contributed by atoms with Gasteiger partial charge < -0.3 is 20.2 Å². The summed E-state index contributed by atoms with van der Waals surface area (Å²) < 4.78 is 1.92. The van der Waals surface area contributed by atoms with E-state index in [0.717, 1.165) is 18.5 Å². The first-order valence-corrected chi connectivity index (χ1v) is 7.35. The minimum Gasteiger partial charge on any atom is -0.361 e. The molecule has 0 saturated carbocycles. The number of urea groups is 1. The maximum absolute atomic E-state index is 11.7. The van der Waals surface area contributed by atoms with E-state index in [1.54, 1.807) is 12.5 Å². The monoisotopic (exact) mass is 297 g/mol. The van der Waals surface area contributed by atoms with E-state index >= 15 is 0 Å². The molecule has 3 N–H and O–H groups in total. The van der Waals surface area contributed by atoms with Gasteiger partial charge in [-0.15, -0.1) is 0 Å². The van der Waals surface area contributed by atoms with Gasteiger partial charge in [0.1, 0.15) is 0 Å². The van der Waals surface area contributed by atoms with Crippen molar-refractivity contribution in [3.05, 3.63) is 54.7 Å². The van der Waals surface area contributed by atoms with E-state index in [-0.39, 0.29) is 6.03 Å². The maximum atomic E-state index is 11.7. The second kappa shape index (κ2) is 6.80. The zero-order valence-corrected chi connectivity index (χ0v) is 12.2. The number of rotatable bonds is 6. The van der Waals surface area contributed by atoms with Crippen molar-refractivity contribution < 1.29 is 4.79 Å². The van der Waals surface area contributed by atoms with Crippen molar-refractivity contribution >= 4 is 16.9 Å². The number of nitrogens with zero attached hydrogens (tertiary/aromatic N) is 2. The SMILES string of the molecule is O=C(NCCc1cccc2[nH]ccc12)NCCn1ccnc1. The van der Waals surface area contributed by atoms with Gasteiger partial charge in [0, 0.05) is 49.1 Å². The number of H-pyrrole nitrogens is 1. The summed E-state index contributed by atoms with van der Waals surface area (Å²) in [6.45, 7) is 1.91. The van der Waals surface area contributed by atoms with Gasteiger partial charge in [0.25, 0.3) is 0 Å². The Morgan fingerprint density at radius 1 is 1.23 bits per heavy atom. The molecule has 6 heteroatoms. The highest BCUT2D eigenvalue weighted by Gasteiger charge is 2.03. The summed E-state index contributed by atoms with van der Waals surface area (Å²) in [5, 5.41) is 6.93. The molecular formula is C16H19N5O. The molecule has 0 unspecified atom stereocenters. The van der Waals surface area contributed by atoms with E-state index in [4.69, 9.17) is 0 Å². The second-order valence-corrected chi connectivity index (χ2v) is 5.09. The zero-order valence-electron chi connectivity index (χ0n) is 12.2. The Morgan fingerprint density at radius 3 is 3.00 bits per heavy atom. The molecule has 22 heavy (non-hydrogen) atoms. The van der Waals surface area contributed by atoms with Gasteiger partial charge in [-0.05, 0) is 24.1 Å². The van der Waals surface area contributed by atoms with Gasteiger partial charge in [0.15, 0.2) is 0 Å². The van der Waals surface area contributed by atoms with Crippen LogP contribution in [0.1, 0.15) is 5.56 Å². The maximum Gasteiger partial charge on any atom is 0.314 e. The van der Waals surface area contributed by atoms with Crippen LogP contribution in [0.4, 0.5) is 4.79 Å². The van der Waals surface area contributed by atoms with Crippen molar-refractivity contribution in [3.63, 3.8) is 0 Å². The number of hydrogen-bond donors (Lipinski definition) is 3. The highest BCUT2D eigenvalue weighted by molar-refractivity contribution is 5.83. The second-order valence-electron chi connectivity index (χ2n) is 5.09. The number of aromatic amines is 1. The smallest absolute Gasteiger partial charge is 0.314 e. The summed E-state index contributed by atoms with van der Waals surface area (Å²) in [5.74, 6) is 0.